The number of benzene rings is 1. The second-order valence-corrected chi connectivity index (χ2v) is 5.60. The summed E-state index contributed by atoms with van der Waals surface area (Å²) in [5, 5.41) is 0.661. The first-order valence-electron chi connectivity index (χ1n) is 6.39. The SMILES string of the molecule is NC(=S)c1cc2c(nc1Oc1ccc(Cl)cc1)CCC2. The van der Waals surface area contributed by atoms with Crippen molar-refractivity contribution >= 4 is 28.8 Å². The molecule has 0 saturated carbocycles. The van der Waals surface area contributed by atoms with E-state index in [9.17, 15) is 0 Å². The van der Waals surface area contributed by atoms with Gasteiger partial charge in [-0.25, -0.2) is 4.98 Å². The van der Waals surface area contributed by atoms with Crippen LogP contribution in [-0.2, 0) is 12.8 Å². The maximum Gasteiger partial charge on any atom is 0.229 e. The number of halogens is 1. The van der Waals surface area contributed by atoms with E-state index in [1.54, 1.807) is 24.3 Å². The fourth-order valence-corrected chi connectivity index (χ4v) is 2.59. The summed E-state index contributed by atoms with van der Waals surface area (Å²) in [5.74, 6) is 1.14. The number of pyridine rings is 1. The molecule has 1 aliphatic rings. The Bertz CT molecular complexity index is 670. The van der Waals surface area contributed by atoms with Gasteiger partial charge in [0, 0.05) is 10.7 Å². The maximum atomic E-state index is 5.86. The summed E-state index contributed by atoms with van der Waals surface area (Å²) < 4.78 is 5.81. The largest absolute Gasteiger partial charge is 0.438 e. The van der Waals surface area contributed by atoms with Crippen molar-refractivity contribution in [2.24, 2.45) is 5.73 Å². The van der Waals surface area contributed by atoms with Crippen molar-refractivity contribution in [3.63, 3.8) is 0 Å². The molecule has 0 saturated heterocycles. The zero-order valence-electron chi connectivity index (χ0n) is 10.7. The van der Waals surface area contributed by atoms with Crippen LogP contribution >= 0.6 is 23.8 Å². The van der Waals surface area contributed by atoms with Gasteiger partial charge in [-0.1, -0.05) is 23.8 Å². The number of rotatable bonds is 3. The first-order chi connectivity index (χ1) is 9.63. The Kier molecular flexibility index (Phi) is 3.59. The van der Waals surface area contributed by atoms with Gasteiger partial charge in [-0.05, 0) is 55.2 Å². The van der Waals surface area contributed by atoms with Crippen LogP contribution in [0.15, 0.2) is 30.3 Å². The Labute approximate surface area is 127 Å². The summed E-state index contributed by atoms with van der Waals surface area (Å²) in [6, 6.07) is 9.12. The lowest BCUT2D eigenvalue weighted by molar-refractivity contribution is 0.460. The lowest BCUT2D eigenvalue weighted by atomic mass is 10.1. The molecule has 0 spiro atoms. The Morgan fingerprint density at radius 1 is 1.25 bits per heavy atom. The highest BCUT2D eigenvalue weighted by molar-refractivity contribution is 7.80. The van der Waals surface area contributed by atoms with Gasteiger partial charge in [-0.2, -0.15) is 0 Å². The quantitative estimate of drug-likeness (QED) is 0.879. The molecule has 0 aliphatic heterocycles. The third-order valence-corrected chi connectivity index (χ3v) is 3.78. The van der Waals surface area contributed by atoms with Gasteiger partial charge in [0.2, 0.25) is 5.88 Å². The zero-order valence-corrected chi connectivity index (χ0v) is 12.3. The predicted molar refractivity (Wildman–Crippen MR) is 83.7 cm³/mol. The zero-order chi connectivity index (χ0) is 14.1. The van der Waals surface area contributed by atoms with Crippen LogP contribution < -0.4 is 10.5 Å². The van der Waals surface area contributed by atoms with Gasteiger partial charge in [-0.15, -0.1) is 0 Å². The van der Waals surface area contributed by atoms with Crippen LogP contribution in [0, 0.1) is 0 Å². The first-order valence-corrected chi connectivity index (χ1v) is 7.18. The van der Waals surface area contributed by atoms with Crippen molar-refractivity contribution in [3.8, 4) is 11.6 Å². The lowest BCUT2D eigenvalue weighted by Crippen LogP contribution is -2.13. The van der Waals surface area contributed by atoms with Crippen molar-refractivity contribution in [2.45, 2.75) is 19.3 Å². The molecule has 20 heavy (non-hydrogen) atoms. The van der Waals surface area contributed by atoms with Crippen molar-refractivity contribution in [1.29, 1.82) is 0 Å². The summed E-state index contributed by atoms with van der Waals surface area (Å²) in [6.07, 6.45) is 3.12. The summed E-state index contributed by atoms with van der Waals surface area (Å²) in [6.45, 7) is 0. The number of hydrogen-bond acceptors (Lipinski definition) is 3. The molecule has 2 N–H and O–H groups in total. The number of fused-ring (bicyclic) bond motifs is 1. The number of nitrogens with zero attached hydrogens (tertiary/aromatic N) is 1. The molecule has 0 amide bonds. The van der Waals surface area contributed by atoms with Gasteiger partial charge in [0.25, 0.3) is 0 Å². The topological polar surface area (TPSA) is 48.1 Å². The Morgan fingerprint density at radius 2 is 2.00 bits per heavy atom. The van der Waals surface area contributed by atoms with Crippen LogP contribution in [0.4, 0.5) is 0 Å². The number of ether oxygens (including phenoxy) is 1. The normalized spacial score (nSPS) is 13.1. The molecule has 0 unspecified atom stereocenters. The number of nitrogens with two attached hydrogens (primary N) is 1. The van der Waals surface area contributed by atoms with Gasteiger partial charge in [0.1, 0.15) is 10.7 Å². The van der Waals surface area contributed by atoms with Crippen LogP contribution in [0.25, 0.3) is 0 Å². The van der Waals surface area contributed by atoms with Crippen molar-refractivity contribution in [2.75, 3.05) is 0 Å². The van der Waals surface area contributed by atoms with Gasteiger partial charge in [-0.3, -0.25) is 0 Å². The van der Waals surface area contributed by atoms with E-state index in [4.69, 9.17) is 34.3 Å². The Hall–Kier alpha value is -1.65. The van der Waals surface area contributed by atoms with Crippen LogP contribution in [0.1, 0.15) is 23.2 Å². The Balaban J connectivity index is 1.99. The third kappa shape index (κ3) is 2.62. The van der Waals surface area contributed by atoms with Gasteiger partial charge >= 0.3 is 0 Å². The summed E-state index contributed by atoms with van der Waals surface area (Å²) in [5.41, 5.74) is 8.76. The minimum absolute atomic E-state index is 0.302. The number of aryl methyl sites for hydroxylation is 2. The molecule has 1 aliphatic carbocycles. The highest BCUT2D eigenvalue weighted by Crippen LogP contribution is 2.30. The molecule has 5 heteroatoms. The molecule has 1 aromatic heterocycles. The molecule has 3 rings (SSSR count). The van der Waals surface area contributed by atoms with E-state index >= 15 is 0 Å². The highest BCUT2D eigenvalue weighted by Gasteiger charge is 2.19. The molecule has 0 fully saturated rings. The minimum atomic E-state index is 0.302. The highest BCUT2D eigenvalue weighted by atomic mass is 35.5. The minimum Gasteiger partial charge on any atom is -0.438 e. The van der Waals surface area contributed by atoms with Crippen LogP contribution in [0.2, 0.25) is 5.02 Å². The maximum absolute atomic E-state index is 5.86. The second kappa shape index (κ2) is 5.38. The van der Waals surface area contributed by atoms with E-state index < -0.39 is 0 Å². The van der Waals surface area contributed by atoms with Crippen LogP contribution in [0.3, 0.4) is 0 Å². The van der Waals surface area contributed by atoms with Crippen LogP contribution in [0.5, 0.6) is 11.6 Å². The predicted octanol–water partition coefficient (Wildman–Crippen LogP) is 3.65. The molecule has 0 radical (unpaired) electrons. The van der Waals surface area contributed by atoms with E-state index in [0.717, 1.165) is 25.0 Å². The smallest absolute Gasteiger partial charge is 0.229 e. The standard InChI is InChI=1S/C15H13ClN2OS/c16-10-4-6-11(7-5-10)19-15-12(14(17)20)8-9-2-1-3-13(9)18-15/h4-8H,1-3H2,(H2,17,20). The number of hydrogen-bond donors (Lipinski definition) is 1. The molecule has 2 aromatic rings. The molecule has 0 bridgehead atoms. The van der Waals surface area contributed by atoms with Gasteiger partial charge in [0.05, 0.1) is 5.56 Å². The lowest BCUT2D eigenvalue weighted by Gasteiger charge is -2.11. The average molecular weight is 305 g/mol. The van der Waals surface area contributed by atoms with Gasteiger partial charge in [0.15, 0.2) is 0 Å². The van der Waals surface area contributed by atoms with Gasteiger partial charge < -0.3 is 10.5 Å². The summed E-state index contributed by atoms with van der Waals surface area (Å²) in [7, 11) is 0. The monoisotopic (exact) mass is 304 g/mol. The summed E-state index contributed by atoms with van der Waals surface area (Å²) in [4.78, 5) is 4.87. The van der Waals surface area contributed by atoms with Crippen molar-refractivity contribution in [3.05, 3.63) is 52.2 Å². The molecular weight excluding hydrogens is 292 g/mol. The molecular formula is C15H13ClN2OS. The molecule has 0 atom stereocenters. The first kappa shape index (κ1) is 13.3. The van der Waals surface area contributed by atoms with E-state index in [1.807, 2.05) is 6.07 Å². The second-order valence-electron chi connectivity index (χ2n) is 4.72. The summed E-state index contributed by atoms with van der Waals surface area (Å²) >= 11 is 11.0. The number of aromatic nitrogens is 1. The fraction of sp³-hybridized carbons (Fsp3) is 0.200. The molecule has 102 valence electrons. The average Bonchev–Trinajstić information content (AvgIpc) is 2.87. The third-order valence-electron chi connectivity index (χ3n) is 3.31. The molecule has 3 nitrogen and oxygen atoms in total. The van der Waals surface area contributed by atoms with E-state index in [-0.39, 0.29) is 0 Å². The van der Waals surface area contributed by atoms with E-state index in [1.165, 1.54) is 5.56 Å². The fourth-order valence-electron chi connectivity index (χ4n) is 2.32. The molecule has 1 heterocycles. The Morgan fingerprint density at radius 3 is 2.70 bits per heavy atom. The van der Waals surface area contributed by atoms with Crippen LogP contribution in [-0.4, -0.2) is 9.97 Å². The van der Waals surface area contributed by atoms with Crippen molar-refractivity contribution < 1.29 is 4.74 Å². The number of thiocarbonyl (C=S) groups is 1. The van der Waals surface area contributed by atoms with E-state index in [0.29, 0.717) is 27.2 Å². The molecule has 1 aromatic carbocycles. The van der Waals surface area contributed by atoms with Crippen molar-refractivity contribution in [1.82, 2.24) is 4.98 Å². The van der Waals surface area contributed by atoms with E-state index in [2.05, 4.69) is 4.98 Å².